The molecule has 2 aromatic heterocycles. The zero-order valence-corrected chi connectivity index (χ0v) is 15.1. The molecule has 0 atom stereocenters. The summed E-state index contributed by atoms with van der Waals surface area (Å²) in [6, 6.07) is 10.2. The molecule has 0 aliphatic carbocycles. The summed E-state index contributed by atoms with van der Waals surface area (Å²) >= 11 is 0. The van der Waals surface area contributed by atoms with Crippen LogP contribution in [0, 0.1) is 5.95 Å². The molecule has 0 saturated heterocycles. The molecule has 2 heterocycles. The summed E-state index contributed by atoms with van der Waals surface area (Å²) in [6.07, 6.45) is -0.0915. The molecule has 0 bridgehead atoms. The van der Waals surface area contributed by atoms with Crippen LogP contribution < -0.4 is 4.74 Å². The molecule has 3 aromatic rings. The average Bonchev–Trinajstić information content (AvgIpc) is 2.95. The third kappa shape index (κ3) is 4.02. The lowest BCUT2D eigenvalue weighted by Crippen LogP contribution is -2.25. The summed E-state index contributed by atoms with van der Waals surface area (Å²) in [4.78, 5) is 15.7. The maximum atomic E-state index is 14.5. The summed E-state index contributed by atoms with van der Waals surface area (Å²) < 4.78 is 30.5. The number of furan rings is 1. The minimum Gasteiger partial charge on any atom is -0.497 e. The number of methoxy groups -OCH3 is 1. The highest BCUT2D eigenvalue weighted by molar-refractivity contribution is 5.84. The quantitative estimate of drug-likeness (QED) is 0.507. The van der Waals surface area contributed by atoms with Crippen LogP contribution >= 0.6 is 0 Å². The largest absolute Gasteiger partial charge is 0.497 e. The summed E-state index contributed by atoms with van der Waals surface area (Å²) in [5, 5.41) is 0.802. The van der Waals surface area contributed by atoms with Gasteiger partial charge in [0.25, 0.3) is 0 Å². The van der Waals surface area contributed by atoms with Gasteiger partial charge in [0, 0.05) is 5.39 Å². The average molecular weight is 357 g/mol. The van der Waals surface area contributed by atoms with E-state index in [4.69, 9.17) is 13.9 Å². The molecule has 0 unspecified atom stereocenters. The Morgan fingerprint density at radius 2 is 1.96 bits per heavy atom. The van der Waals surface area contributed by atoms with Gasteiger partial charge in [-0.25, -0.2) is 4.98 Å². The number of rotatable bonds is 4. The number of halogens is 1. The Balaban J connectivity index is 1.84. The van der Waals surface area contributed by atoms with Gasteiger partial charge in [0.15, 0.2) is 0 Å². The number of hydrogen-bond acceptors (Lipinski definition) is 5. The fourth-order valence-corrected chi connectivity index (χ4v) is 2.56. The van der Waals surface area contributed by atoms with Crippen molar-refractivity contribution in [2.75, 3.05) is 7.11 Å². The van der Waals surface area contributed by atoms with Crippen LogP contribution in [0.25, 0.3) is 22.3 Å². The van der Waals surface area contributed by atoms with Gasteiger partial charge in [-0.1, -0.05) is 0 Å². The first kappa shape index (κ1) is 17.9. The maximum absolute atomic E-state index is 14.5. The van der Waals surface area contributed by atoms with E-state index in [2.05, 4.69) is 4.98 Å². The Morgan fingerprint density at radius 1 is 1.19 bits per heavy atom. The lowest BCUT2D eigenvalue weighted by molar-refractivity contribution is -0.154. The smallest absolute Gasteiger partial charge is 0.312 e. The minimum atomic E-state index is -0.697. The van der Waals surface area contributed by atoms with Crippen LogP contribution in [0.2, 0.25) is 0 Å². The molecule has 6 heteroatoms. The molecule has 0 fully saturated rings. The van der Waals surface area contributed by atoms with Crippen molar-refractivity contribution in [1.29, 1.82) is 0 Å². The summed E-state index contributed by atoms with van der Waals surface area (Å²) in [6.45, 7) is 5.33. The standard InChI is InChI=1S/C20H20FNO4/c1-20(2,3)26-18(23)11-13-5-7-15(19(21)22-13)17-10-12-9-14(24-4)6-8-16(12)25-17/h5-10H,11H2,1-4H3. The molecular formula is C20H20FNO4. The highest BCUT2D eigenvalue weighted by atomic mass is 19.1. The van der Waals surface area contributed by atoms with Gasteiger partial charge in [-0.05, 0) is 57.2 Å². The molecular weight excluding hydrogens is 337 g/mol. The number of carbonyl (C=O) groups excluding carboxylic acids is 1. The molecule has 5 nitrogen and oxygen atoms in total. The van der Waals surface area contributed by atoms with Gasteiger partial charge in [-0.2, -0.15) is 4.39 Å². The van der Waals surface area contributed by atoms with E-state index >= 15 is 0 Å². The van der Waals surface area contributed by atoms with Crippen LogP contribution in [0.5, 0.6) is 5.75 Å². The van der Waals surface area contributed by atoms with Crippen molar-refractivity contribution < 1.29 is 23.1 Å². The number of pyridine rings is 1. The monoisotopic (exact) mass is 357 g/mol. The predicted octanol–water partition coefficient (Wildman–Crippen LogP) is 4.53. The van der Waals surface area contributed by atoms with Crippen LogP contribution in [0.15, 0.2) is 40.8 Å². The number of aromatic nitrogens is 1. The van der Waals surface area contributed by atoms with E-state index in [1.54, 1.807) is 58.2 Å². The summed E-state index contributed by atoms with van der Waals surface area (Å²) in [7, 11) is 1.58. The third-order valence-corrected chi connectivity index (χ3v) is 3.64. The Kier molecular flexibility index (Phi) is 4.68. The molecule has 26 heavy (non-hydrogen) atoms. The molecule has 0 aliphatic heterocycles. The van der Waals surface area contributed by atoms with Crippen LogP contribution in [0.1, 0.15) is 26.5 Å². The van der Waals surface area contributed by atoms with E-state index in [0.717, 1.165) is 5.39 Å². The molecule has 1 aromatic carbocycles. The van der Waals surface area contributed by atoms with Crippen LogP contribution in [0.3, 0.4) is 0 Å². The van der Waals surface area contributed by atoms with E-state index in [1.807, 2.05) is 6.07 Å². The Labute approximate surface area is 150 Å². The van der Waals surface area contributed by atoms with Gasteiger partial charge >= 0.3 is 5.97 Å². The molecule has 0 aliphatic rings. The molecule has 3 rings (SSSR count). The predicted molar refractivity (Wildman–Crippen MR) is 95.5 cm³/mol. The zero-order valence-electron chi connectivity index (χ0n) is 15.1. The van der Waals surface area contributed by atoms with E-state index in [0.29, 0.717) is 22.8 Å². The van der Waals surface area contributed by atoms with Gasteiger partial charge < -0.3 is 13.9 Å². The van der Waals surface area contributed by atoms with Gasteiger partial charge in [0.05, 0.1) is 24.8 Å². The van der Waals surface area contributed by atoms with E-state index in [9.17, 15) is 9.18 Å². The lowest BCUT2D eigenvalue weighted by Gasteiger charge is -2.19. The van der Waals surface area contributed by atoms with Gasteiger partial charge in [0.1, 0.15) is 22.7 Å². The second-order valence-corrected chi connectivity index (χ2v) is 6.92. The van der Waals surface area contributed by atoms with Crippen molar-refractivity contribution in [2.24, 2.45) is 0 Å². The van der Waals surface area contributed by atoms with Gasteiger partial charge in [0.2, 0.25) is 5.95 Å². The number of hydrogen-bond donors (Lipinski definition) is 0. The topological polar surface area (TPSA) is 61.6 Å². The van der Waals surface area contributed by atoms with Crippen molar-refractivity contribution in [3.8, 4) is 17.1 Å². The van der Waals surface area contributed by atoms with Crippen LogP contribution in [-0.2, 0) is 16.0 Å². The molecule has 0 spiro atoms. The van der Waals surface area contributed by atoms with Crippen molar-refractivity contribution in [3.63, 3.8) is 0 Å². The molecule has 136 valence electrons. The van der Waals surface area contributed by atoms with Crippen LogP contribution in [0.4, 0.5) is 4.39 Å². The number of carbonyl (C=O) groups is 1. The highest BCUT2D eigenvalue weighted by Gasteiger charge is 2.18. The Morgan fingerprint density at radius 3 is 2.62 bits per heavy atom. The number of fused-ring (bicyclic) bond motifs is 1. The summed E-state index contributed by atoms with van der Waals surface area (Å²) in [5.41, 5.74) is 0.565. The van der Waals surface area contributed by atoms with E-state index in [-0.39, 0.29) is 12.0 Å². The zero-order chi connectivity index (χ0) is 18.9. The first-order chi connectivity index (χ1) is 12.2. The normalized spacial score (nSPS) is 11.6. The fraction of sp³-hybridized carbons (Fsp3) is 0.300. The summed E-state index contributed by atoms with van der Waals surface area (Å²) in [5.74, 6) is -0.0942. The second-order valence-electron chi connectivity index (χ2n) is 6.92. The molecule has 0 saturated carbocycles. The van der Waals surface area contributed by atoms with Crippen molar-refractivity contribution in [3.05, 3.63) is 48.0 Å². The SMILES string of the molecule is COc1ccc2oc(-c3ccc(CC(=O)OC(C)(C)C)nc3F)cc2c1. The number of esters is 1. The van der Waals surface area contributed by atoms with Crippen molar-refractivity contribution >= 4 is 16.9 Å². The van der Waals surface area contributed by atoms with E-state index < -0.39 is 17.5 Å². The Bertz CT molecular complexity index is 956. The first-order valence-electron chi connectivity index (χ1n) is 8.20. The molecule has 0 amide bonds. The van der Waals surface area contributed by atoms with E-state index in [1.165, 1.54) is 0 Å². The Hall–Kier alpha value is -2.89. The fourth-order valence-electron chi connectivity index (χ4n) is 2.56. The number of nitrogens with zero attached hydrogens (tertiary/aromatic N) is 1. The number of ether oxygens (including phenoxy) is 2. The minimum absolute atomic E-state index is 0.0915. The second kappa shape index (κ2) is 6.78. The van der Waals surface area contributed by atoms with Crippen molar-refractivity contribution in [1.82, 2.24) is 4.98 Å². The maximum Gasteiger partial charge on any atom is 0.312 e. The first-order valence-corrected chi connectivity index (χ1v) is 8.20. The highest BCUT2D eigenvalue weighted by Crippen LogP contribution is 2.31. The third-order valence-electron chi connectivity index (χ3n) is 3.64. The molecule has 0 radical (unpaired) electrons. The van der Waals surface area contributed by atoms with Crippen molar-refractivity contribution in [2.45, 2.75) is 32.8 Å². The molecule has 0 N–H and O–H groups in total. The van der Waals surface area contributed by atoms with Gasteiger partial charge in [-0.15, -0.1) is 0 Å². The van der Waals surface area contributed by atoms with Gasteiger partial charge in [-0.3, -0.25) is 4.79 Å². The lowest BCUT2D eigenvalue weighted by atomic mass is 10.1. The van der Waals surface area contributed by atoms with Crippen LogP contribution in [-0.4, -0.2) is 23.7 Å². The number of benzene rings is 1.